The second-order valence-electron chi connectivity index (χ2n) is 14.2. The molecule has 7 N–H and O–H groups in total. The van der Waals surface area contributed by atoms with Crippen molar-refractivity contribution < 1.29 is 59.5 Å². The van der Waals surface area contributed by atoms with Crippen LogP contribution in [0.2, 0.25) is 0 Å². The molecule has 3 saturated heterocycles. The van der Waals surface area contributed by atoms with Gasteiger partial charge in [0.25, 0.3) is 0 Å². The molecule has 272 valence electrons. The van der Waals surface area contributed by atoms with Gasteiger partial charge in [-0.05, 0) is 11.8 Å². The summed E-state index contributed by atoms with van der Waals surface area (Å²) < 4.78 is 23.1. The topological polar surface area (TPSA) is 202 Å². The Morgan fingerprint density at radius 3 is 1.61 bits per heavy atom. The predicted molar refractivity (Wildman–Crippen MR) is 174 cm³/mol. The summed E-state index contributed by atoms with van der Waals surface area (Å²) in [4.78, 5) is 15.3. The lowest BCUT2D eigenvalue weighted by Crippen LogP contribution is -2.60. The van der Waals surface area contributed by atoms with E-state index in [-0.39, 0.29) is 32.8 Å². The number of rotatable bonds is 11. The standard InChI is InChI=1S/C35H50N2O12/c1-35(2,3)31-22(14-15-37(31)34(44)45)36(16-23(38)27(42)29-25(40)18-46-32(48-29)20-10-6-4-7-11-20)17-24(39)28(43)30-26(41)19-47-33(49-30)21-12-8-5-9-13-21/h4-13,22-33,38-43H,14-19H2,1-3H3,(H,44,45)/t22-,23+,24+,25-,26-,27-,28-,29-,30-,31?,32?,33?/m1/s1. The fourth-order valence-electron chi connectivity index (χ4n) is 7.19. The van der Waals surface area contributed by atoms with Gasteiger partial charge in [-0.25, -0.2) is 4.79 Å². The van der Waals surface area contributed by atoms with Crippen molar-refractivity contribution in [3.8, 4) is 0 Å². The number of nitrogens with zero attached hydrogens (tertiary/aromatic N) is 2. The number of ether oxygens (including phenoxy) is 4. The van der Waals surface area contributed by atoms with Crippen molar-refractivity contribution in [1.29, 1.82) is 0 Å². The minimum atomic E-state index is -1.60. The smallest absolute Gasteiger partial charge is 0.407 e. The zero-order valence-corrected chi connectivity index (χ0v) is 28.0. The van der Waals surface area contributed by atoms with Gasteiger partial charge in [-0.3, -0.25) is 4.90 Å². The Balaban J connectivity index is 1.36. The molecule has 3 aliphatic rings. The maximum atomic E-state index is 12.3. The van der Waals surface area contributed by atoms with Crippen LogP contribution in [0.25, 0.3) is 0 Å². The van der Waals surface area contributed by atoms with Crippen LogP contribution in [0, 0.1) is 5.41 Å². The monoisotopic (exact) mass is 690 g/mol. The summed E-state index contributed by atoms with van der Waals surface area (Å²) in [6.07, 6.45) is -13.8. The number of carboxylic acid groups (broad SMARTS) is 1. The molecule has 14 heteroatoms. The minimum Gasteiger partial charge on any atom is -0.465 e. The first-order chi connectivity index (χ1) is 23.3. The van der Waals surface area contributed by atoms with E-state index in [0.29, 0.717) is 17.5 Å². The molecule has 3 fully saturated rings. The average Bonchev–Trinajstić information content (AvgIpc) is 3.55. The zero-order chi connectivity index (χ0) is 35.5. The van der Waals surface area contributed by atoms with Gasteiger partial charge < -0.3 is 59.6 Å². The van der Waals surface area contributed by atoms with Crippen molar-refractivity contribution in [2.75, 3.05) is 32.8 Å². The summed E-state index contributed by atoms with van der Waals surface area (Å²) in [6, 6.07) is 16.8. The Bertz CT molecular complexity index is 1260. The van der Waals surface area contributed by atoms with Crippen LogP contribution in [-0.2, 0) is 18.9 Å². The Kier molecular flexibility index (Phi) is 12.3. The highest BCUT2D eigenvalue weighted by Crippen LogP contribution is 2.37. The Hall–Kier alpha value is -2.73. The van der Waals surface area contributed by atoms with Crippen LogP contribution in [0.1, 0.15) is 50.9 Å². The van der Waals surface area contributed by atoms with E-state index >= 15 is 0 Å². The van der Waals surface area contributed by atoms with Gasteiger partial charge in [0.05, 0.1) is 31.5 Å². The SMILES string of the molecule is CC(C)(C)C1[C@H](N(C[C@H](O)[C@@H](O)[C@@H]2OC(c3ccccc3)OC[C@H]2O)C[C@H](O)[C@@H](O)[C@@H]2OC(c3ccccc3)OC[C@H]2O)CCN1C(=O)O. The van der Waals surface area contributed by atoms with Crippen molar-refractivity contribution in [2.24, 2.45) is 5.41 Å². The maximum Gasteiger partial charge on any atom is 0.407 e. The highest BCUT2D eigenvalue weighted by atomic mass is 16.7. The Morgan fingerprint density at radius 2 is 1.22 bits per heavy atom. The first-order valence-electron chi connectivity index (χ1n) is 16.7. The number of amides is 1. The molecule has 0 aliphatic carbocycles. The van der Waals surface area contributed by atoms with E-state index < -0.39 is 85.0 Å². The van der Waals surface area contributed by atoms with Gasteiger partial charge in [-0.2, -0.15) is 0 Å². The van der Waals surface area contributed by atoms with Crippen molar-refractivity contribution in [3.63, 3.8) is 0 Å². The number of aliphatic hydroxyl groups excluding tert-OH is 6. The van der Waals surface area contributed by atoms with Gasteiger partial charge >= 0.3 is 6.09 Å². The summed E-state index contributed by atoms with van der Waals surface area (Å²) in [7, 11) is 0. The van der Waals surface area contributed by atoms with Crippen molar-refractivity contribution in [3.05, 3.63) is 71.8 Å². The van der Waals surface area contributed by atoms with E-state index in [1.165, 1.54) is 4.90 Å². The number of aliphatic hydroxyl groups is 6. The molecule has 3 aliphatic heterocycles. The molecule has 0 spiro atoms. The summed E-state index contributed by atoms with van der Waals surface area (Å²) in [5, 5.41) is 77.1. The molecule has 3 unspecified atom stereocenters. The van der Waals surface area contributed by atoms with Crippen LogP contribution in [-0.4, -0.2) is 145 Å². The summed E-state index contributed by atoms with van der Waals surface area (Å²) in [5.41, 5.74) is 0.760. The van der Waals surface area contributed by atoms with Crippen LogP contribution >= 0.6 is 0 Å². The molecular formula is C35H50N2O12. The normalized spacial score (nSPS) is 32.1. The molecule has 5 rings (SSSR count). The van der Waals surface area contributed by atoms with E-state index in [1.54, 1.807) is 53.4 Å². The fourth-order valence-corrected chi connectivity index (χ4v) is 7.19. The summed E-state index contributed by atoms with van der Waals surface area (Å²) in [6.45, 7) is 5.03. The molecule has 2 aromatic carbocycles. The Labute approximate surface area is 286 Å². The number of carbonyl (C=O) groups is 1. The molecule has 49 heavy (non-hydrogen) atoms. The number of likely N-dealkylation sites (tertiary alicyclic amines) is 1. The molecule has 0 saturated carbocycles. The number of hydrogen-bond donors (Lipinski definition) is 7. The number of benzene rings is 2. The van der Waals surface area contributed by atoms with Crippen LogP contribution in [0.3, 0.4) is 0 Å². The zero-order valence-electron chi connectivity index (χ0n) is 28.0. The quantitative estimate of drug-likeness (QED) is 0.175. The predicted octanol–water partition coefficient (Wildman–Crippen LogP) is 0.849. The van der Waals surface area contributed by atoms with E-state index in [9.17, 15) is 40.5 Å². The highest BCUT2D eigenvalue weighted by Gasteiger charge is 2.49. The van der Waals surface area contributed by atoms with E-state index in [4.69, 9.17) is 18.9 Å². The highest BCUT2D eigenvalue weighted by molar-refractivity contribution is 5.66. The van der Waals surface area contributed by atoms with Gasteiger partial charge in [0.1, 0.15) is 36.6 Å². The van der Waals surface area contributed by atoms with Crippen LogP contribution in [0.5, 0.6) is 0 Å². The number of hydrogen-bond acceptors (Lipinski definition) is 12. The first-order valence-corrected chi connectivity index (χ1v) is 16.7. The van der Waals surface area contributed by atoms with E-state index in [2.05, 4.69) is 0 Å². The lowest BCUT2D eigenvalue weighted by molar-refractivity contribution is -0.285. The van der Waals surface area contributed by atoms with Crippen molar-refractivity contribution in [2.45, 2.75) is 101 Å². The van der Waals surface area contributed by atoms with Gasteiger partial charge in [0, 0.05) is 36.8 Å². The van der Waals surface area contributed by atoms with Crippen LogP contribution < -0.4 is 0 Å². The maximum absolute atomic E-state index is 12.3. The molecule has 0 aromatic heterocycles. The van der Waals surface area contributed by atoms with E-state index in [1.807, 2.05) is 32.9 Å². The minimum absolute atomic E-state index is 0.150. The summed E-state index contributed by atoms with van der Waals surface area (Å²) in [5.74, 6) is 0. The second kappa shape index (κ2) is 16.1. The lowest BCUT2D eigenvalue weighted by atomic mass is 9.81. The fraction of sp³-hybridized carbons (Fsp3) is 0.629. The van der Waals surface area contributed by atoms with Crippen LogP contribution in [0.4, 0.5) is 4.79 Å². The largest absolute Gasteiger partial charge is 0.465 e. The molecule has 0 radical (unpaired) electrons. The Morgan fingerprint density at radius 1 is 0.796 bits per heavy atom. The molecule has 1 amide bonds. The molecule has 0 bridgehead atoms. The molecular weight excluding hydrogens is 640 g/mol. The third-order valence-electron chi connectivity index (χ3n) is 9.57. The molecule has 2 aromatic rings. The third kappa shape index (κ3) is 8.78. The van der Waals surface area contributed by atoms with Gasteiger partial charge in [0.2, 0.25) is 0 Å². The van der Waals surface area contributed by atoms with Gasteiger partial charge in [-0.15, -0.1) is 0 Å². The molecule has 12 atom stereocenters. The first kappa shape index (κ1) is 37.5. The molecule has 14 nitrogen and oxygen atoms in total. The van der Waals surface area contributed by atoms with Crippen LogP contribution in [0.15, 0.2) is 60.7 Å². The van der Waals surface area contributed by atoms with Gasteiger partial charge in [0.15, 0.2) is 12.6 Å². The van der Waals surface area contributed by atoms with Crippen molar-refractivity contribution >= 4 is 6.09 Å². The summed E-state index contributed by atoms with van der Waals surface area (Å²) >= 11 is 0. The van der Waals surface area contributed by atoms with E-state index in [0.717, 1.165) is 0 Å². The van der Waals surface area contributed by atoms with Gasteiger partial charge in [-0.1, -0.05) is 81.4 Å². The lowest BCUT2D eigenvalue weighted by Gasteiger charge is -2.44. The molecule has 3 heterocycles. The average molecular weight is 691 g/mol. The van der Waals surface area contributed by atoms with Crippen molar-refractivity contribution in [1.82, 2.24) is 9.80 Å². The third-order valence-corrected chi connectivity index (χ3v) is 9.57. The second-order valence-corrected chi connectivity index (χ2v) is 14.2.